The molecule has 0 saturated carbocycles. The molecule has 0 radical (unpaired) electrons. The topological polar surface area (TPSA) is 22.1 Å². The summed E-state index contributed by atoms with van der Waals surface area (Å²) < 4.78 is 5.73. The maximum absolute atomic E-state index is 5.73. The molecule has 0 atom stereocenters. The highest BCUT2D eigenvalue weighted by Crippen LogP contribution is 2.25. The van der Waals surface area contributed by atoms with Crippen LogP contribution in [0.3, 0.4) is 0 Å². The molecule has 0 bridgehead atoms. The number of hydrogen-bond donors (Lipinski definition) is 0. The Morgan fingerprint density at radius 3 is 2.31 bits per heavy atom. The number of para-hydroxylation sites is 1. The Kier molecular flexibility index (Phi) is 2.91. The lowest BCUT2D eigenvalue weighted by atomic mass is 10.1. The Balaban J connectivity index is 2.33. The number of aryl methyl sites for hydroxylation is 1. The number of pyridine rings is 1. The van der Waals surface area contributed by atoms with Crippen LogP contribution in [0.5, 0.6) is 11.6 Å². The van der Waals surface area contributed by atoms with Crippen molar-refractivity contribution in [1.82, 2.24) is 4.98 Å². The molecule has 82 valence electrons. The van der Waals surface area contributed by atoms with Crippen LogP contribution in [0, 0.1) is 20.8 Å². The van der Waals surface area contributed by atoms with Crippen molar-refractivity contribution >= 4 is 0 Å². The van der Waals surface area contributed by atoms with Crippen molar-refractivity contribution in [1.29, 1.82) is 0 Å². The van der Waals surface area contributed by atoms with E-state index in [1.165, 1.54) is 11.1 Å². The van der Waals surface area contributed by atoms with Crippen molar-refractivity contribution in [3.8, 4) is 11.6 Å². The minimum absolute atomic E-state index is 0.689. The fraction of sp³-hybridized carbons (Fsp3) is 0.214. The van der Waals surface area contributed by atoms with Gasteiger partial charge in [0.05, 0.1) is 0 Å². The maximum Gasteiger partial charge on any atom is 0.222 e. The lowest BCUT2D eigenvalue weighted by molar-refractivity contribution is 0.458. The van der Waals surface area contributed by atoms with Crippen LogP contribution in [0.2, 0.25) is 0 Å². The molecule has 2 nitrogen and oxygen atoms in total. The number of nitrogens with zero attached hydrogens (tertiary/aromatic N) is 1. The molecule has 0 fully saturated rings. The Bertz CT molecular complexity index is 492. The molecular weight excluding hydrogens is 198 g/mol. The third kappa shape index (κ3) is 2.06. The van der Waals surface area contributed by atoms with Gasteiger partial charge in [-0.1, -0.05) is 18.2 Å². The van der Waals surface area contributed by atoms with Crippen molar-refractivity contribution in [2.45, 2.75) is 20.8 Å². The highest BCUT2D eigenvalue weighted by atomic mass is 16.5. The second kappa shape index (κ2) is 4.35. The van der Waals surface area contributed by atoms with Crippen LogP contribution in [0.15, 0.2) is 36.5 Å². The van der Waals surface area contributed by atoms with Crippen molar-refractivity contribution in [2.75, 3.05) is 0 Å². The summed E-state index contributed by atoms with van der Waals surface area (Å²) in [7, 11) is 0. The van der Waals surface area contributed by atoms with Crippen LogP contribution >= 0.6 is 0 Å². The first-order valence-electron chi connectivity index (χ1n) is 5.34. The van der Waals surface area contributed by atoms with Gasteiger partial charge < -0.3 is 4.74 Å². The summed E-state index contributed by atoms with van der Waals surface area (Å²) >= 11 is 0. The fourth-order valence-electron chi connectivity index (χ4n) is 1.51. The molecule has 0 spiro atoms. The third-order valence-corrected chi connectivity index (χ3v) is 2.81. The summed E-state index contributed by atoms with van der Waals surface area (Å²) in [6, 6.07) is 9.72. The van der Waals surface area contributed by atoms with Crippen molar-refractivity contribution in [3.05, 3.63) is 53.2 Å². The summed E-state index contributed by atoms with van der Waals surface area (Å²) in [5, 5.41) is 0. The number of rotatable bonds is 2. The van der Waals surface area contributed by atoms with Gasteiger partial charge >= 0.3 is 0 Å². The molecule has 16 heavy (non-hydrogen) atoms. The summed E-state index contributed by atoms with van der Waals surface area (Å²) in [4.78, 5) is 4.31. The smallest absolute Gasteiger partial charge is 0.222 e. The highest BCUT2D eigenvalue weighted by Gasteiger charge is 2.06. The van der Waals surface area contributed by atoms with E-state index in [-0.39, 0.29) is 0 Å². The van der Waals surface area contributed by atoms with E-state index in [1.807, 2.05) is 43.5 Å². The summed E-state index contributed by atoms with van der Waals surface area (Å²) in [5.41, 5.74) is 3.53. The molecule has 0 saturated heterocycles. The van der Waals surface area contributed by atoms with E-state index in [1.54, 1.807) is 0 Å². The van der Waals surface area contributed by atoms with Gasteiger partial charge in [0.15, 0.2) is 0 Å². The average Bonchev–Trinajstić information content (AvgIpc) is 2.31. The van der Waals surface area contributed by atoms with E-state index in [9.17, 15) is 0 Å². The minimum atomic E-state index is 0.689. The van der Waals surface area contributed by atoms with Crippen LogP contribution in [-0.2, 0) is 0 Å². The molecular formula is C14H15NO. The second-order valence-electron chi connectivity index (χ2n) is 3.91. The summed E-state index contributed by atoms with van der Waals surface area (Å²) in [6.45, 7) is 6.18. The Morgan fingerprint density at radius 2 is 1.62 bits per heavy atom. The molecule has 2 rings (SSSR count). The molecule has 1 aromatic heterocycles. The first-order chi connectivity index (χ1) is 7.68. The van der Waals surface area contributed by atoms with Crippen molar-refractivity contribution < 1.29 is 4.74 Å². The maximum atomic E-state index is 5.73. The van der Waals surface area contributed by atoms with E-state index >= 15 is 0 Å². The normalized spacial score (nSPS) is 10.2. The molecule has 0 N–H and O–H groups in total. The molecule has 0 aliphatic rings. The quantitative estimate of drug-likeness (QED) is 0.757. The van der Waals surface area contributed by atoms with Gasteiger partial charge in [0.25, 0.3) is 0 Å². The van der Waals surface area contributed by atoms with Gasteiger partial charge in [0.2, 0.25) is 5.88 Å². The molecule has 1 aromatic carbocycles. The van der Waals surface area contributed by atoms with Gasteiger partial charge in [-0.3, -0.25) is 0 Å². The van der Waals surface area contributed by atoms with E-state index in [0.29, 0.717) is 5.88 Å². The molecule has 1 heterocycles. The van der Waals surface area contributed by atoms with E-state index in [4.69, 9.17) is 4.74 Å². The van der Waals surface area contributed by atoms with Gasteiger partial charge in [-0.25, -0.2) is 4.98 Å². The molecule has 0 unspecified atom stereocenters. The Labute approximate surface area is 95.9 Å². The predicted molar refractivity (Wildman–Crippen MR) is 65.0 cm³/mol. The fourth-order valence-corrected chi connectivity index (χ4v) is 1.51. The third-order valence-electron chi connectivity index (χ3n) is 2.81. The zero-order chi connectivity index (χ0) is 11.5. The van der Waals surface area contributed by atoms with Crippen LogP contribution in [0.25, 0.3) is 0 Å². The van der Waals surface area contributed by atoms with E-state index in [0.717, 1.165) is 11.3 Å². The standard InChI is InChI=1S/C14H15NO/c1-10-9-15-14(12(3)11(10)2)16-13-7-5-4-6-8-13/h4-9H,1-3H3. The van der Waals surface area contributed by atoms with Gasteiger partial charge in [-0.15, -0.1) is 0 Å². The van der Waals surface area contributed by atoms with Crippen LogP contribution in [-0.4, -0.2) is 4.98 Å². The molecule has 2 aromatic rings. The van der Waals surface area contributed by atoms with E-state index < -0.39 is 0 Å². The SMILES string of the molecule is Cc1cnc(Oc2ccccc2)c(C)c1C. The summed E-state index contributed by atoms with van der Waals surface area (Å²) in [5.74, 6) is 1.51. The first kappa shape index (κ1) is 10.7. The second-order valence-corrected chi connectivity index (χ2v) is 3.91. The van der Waals surface area contributed by atoms with Crippen molar-refractivity contribution in [3.63, 3.8) is 0 Å². The number of hydrogen-bond acceptors (Lipinski definition) is 2. The zero-order valence-corrected chi connectivity index (χ0v) is 9.82. The first-order valence-corrected chi connectivity index (χ1v) is 5.34. The molecule has 0 aliphatic heterocycles. The van der Waals surface area contributed by atoms with E-state index in [2.05, 4.69) is 18.8 Å². The van der Waals surface area contributed by atoms with Gasteiger partial charge in [0, 0.05) is 11.8 Å². The van der Waals surface area contributed by atoms with Crippen molar-refractivity contribution in [2.24, 2.45) is 0 Å². The van der Waals surface area contributed by atoms with Crippen LogP contribution < -0.4 is 4.74 Å². The Morgan fingerprint density at radius 1 is 0.938 bits per heavy atom. The molecule has 0 amide bonds. The van der Waals surface area contributed by atoms with Gasteiger partial charge in [0.1, 0.15) is 5.75 Å². The number of aromatic nitrogens is 1. The van der Waals surface area contributed by atoms with Gasteiger partial charge in [-0.2, -0.15) is 0 Å². The van der Waals surface area contributed by atoms with Gasteiger partial charge in [-0.05, 0) is 44.0 Å². The average molecular weight is 213 g/mol. The lowest BCUT2D eigenvalue weighted by Gasteiger charge is -2.10. The minimum Gasteiger partial charge on any atom is -0.439 e. The van der Waals surface area contributed by atoms with Crippen LogP contribution in [0.4, 0.5) is 0 Å². The predicted octanol–water partition coefficient (Wildman–Crippen LogP) is 3.80. The Hall–Kier alpha value is -1.83. The largest absolute Gasteiger partial charge is 0.439 e. The lowest BCUT2D eigenvalue weighted by Crippen LogP contribution is -1.95. The summed E-state index contributed by atoms with van der Waals surface area (Å²) in [6.07, 6.45) is 1.85. The monoisotopic (exact) mass is 213 g/mol. The number of benzene rings is 1. The number of ether oxygens (including phenoxy) is 1. The van der Waals surface area contributed by atoms with Crippen LogP contribution in [0.1, 0.15) is 16.7 Å². The molecule has 2 heteroatoms. The molecule has 0 aliphatic carbocycles. The highest BCUT2D eigenvalue weighted by molar-refractivity contribution is 5.39. The zero-order valence-electron chi connectivity index (χ0n) is 9.82.